The quantitative estimate of drug-likeness (QED) is 0.838. The van der Waals surface area contributed by atoms with Gasteiger partial charge in [-0.3, -0.25) is 4.79 Å². The van der Waals surface area contributed by atoms with Gasteiger partial charge in [0.05, 0.1) is 12.0 Å². The molecule has 3 heteroatoms. The van der Waals surface area contributed by atoms with E-state index in [0.29, 0.717) is 6.54 Å². The lowest BCUT2D eigenvalue weighted by atomic mass is 10.1. The normalized spacial score (nSPS) is 11.6. The summed E-state index contributed by atoms with van der Waals surface area (Å²) in [6.45, 7) is 4.29. The maximum absolute atomic E-state index is 11.4. The van der Waals surface area contributed by atoms with E-state index in [-0.39, 0.29) is 18.2 Å². The smallest absolute Gasteiger partial charge is 0.221 e. The Bertz CT molecular complexity index is 389. The Morgan fingerprint density at radius 2 is 2.06 bits per heavy atom. The van der Waals surface area contributed by atoms with Crippen molar-refractivity contribution in [2.75, 3.05) is 0 Å². The first-order chi connectivity index (χ1) is 7.61. The van der Waals surface area contributed by atoms with E-state index >= 15 is 0 Å². The minimum absolute atomic E-state index is 0.0744. The van der Waals surface area contributed by atoms with Gasteiger partial charge in [0.2, 0.25) is 5.91 Å². The van der Waals surface area contributed by atoms with Gasteiger partial charge in [-0.05, 0) is 19.4 Å². The third-order valence-electron chi connectivity index (χ3n) is 2.32. The molecule has 1 N–H and O–H groups in total. The fourth-order valence-electron chi connectivity index (χ4n) is 1.30. The summed E-state index contributed by atoms with van der Waals surface area (Å²) in [7, 11) is 0. The average Bonchev–Trinajstić information content (AvgIpc) is 2.28. The zero-order chi connectivity index (χ0) is 12.0. The van der Waals surface area contributed by atoms with Gasteiger partial charge >= 0.3 is 0 Å². The molecule has 0 aliphatic heterocycles. The molecule has 0 bridgehead atoms. The Labute approximate surface area is 96.1 Å². The van der Waals surface area contributed by atoms with Crippen LogP contribution in [0.3, 0.4) is 0 Å². The van der Waals surface area contributed by atoms with Crippen molar-refractivity contribution in [1.29, 1.82) is 5.26 Å². The van der Waals surface area contributed by atoms with Crippen LogP contribution >= 0.6 is 0 Å². The Kier molecular flexibility index (Phi) is 4.53. The molecule has 1 unspecified atom stereocenters. The Balaban J connectivity index is 2.38. The molecule has 1 amide bonds. The molecule has 1 atom stereocenters. The van der Waals surface area contributed by atoms with Crippen LogP contribution in [0.25, 0.3) is 0 Å². The first-order valence-corrected chi connectivity index (χ1v) is 5.33. The average molecular weight is 216 g/mol. The highest BCUT2D eigenvalue weighted by Gasteiger charge is 2.07. The van der Waals surface area contributed by atoms with E-state index in [1.54, 1.807) is 6.92 Å². The molecule has 1 aromatic carbocycles. The summed E-state index contributed by atoms with van der Waals surface area (Å²) in [5.74, 6) is -0.298. The van der Waals surface area contributed by atoms with Gasteiger partial charge in [0.25, 0.3) is 0 Å². The van der Waals surface area contributed by atoms with Crippen LogP contribution in [-0.4, -0.2) is 5.91 Å². The van der Waals surface area contributed by atoms with Gasteiger partial charge in [0, 0.05) is 13.0 Å². The number of carbonyl (C=O) groups excluding carboxylic acids is 1. The van der Waals surface area contributed by atoms with Crippen LogP contribution in [0.5, 0.6) is 0 Å². The zero-order valence-corrected chi connectivity index (χ0v) is 9.66. The zero-order valence-electron chi connectivity index (χ0n) is 9.66. The summed E-state index contributed by atoms with van der Waals surface area (Å²) in [4.78, 5) is 11.4. The van der Waals surface area contributed by atoms with Crippen LogP contribution in [0.15, 0.2) is 24.3 Å². The predicted octanol–water partition coefficient (Wildman–Crippen LogP) is 2.16. The summed E-state index contributed by atoms with van der Waals surface area (Å²) in [5.41, 5.74) is 2.27. The van der Waals surface area contributed by atoms with E-state index in [2.05, 4.69) is 5.32 Å². The molecule has 0 aromatic heterocycles. The molecule has 0 spiro atoms. The van der Waals surface area contributed by atoms with Crippen LogP contribution in [0, 0.1) is 24.2 Å². The molecule has 3 nitrogen and oxygen atoms in total. The van der Waals surface area contributed by atoms with Crippen molar-refractivity contribution in [2.45, 2.75) is 26.8 Å². The standard InChI is InChI=1S/C13H16N2O/c1-10-3-5-12(6-4-10)9-15-13(16)7-11(2)8-14/h3-6,11H,7,9H2,1-2H3,(H,15,16). The molecule has 0 fully saturated rings. The summed E-state index contributed by atoms with van der Waals surface area (Å²) in [6.07, 6.45) is 0.266. The van der Waals surface area contributed by atoms with Crippen molar-refractivity contribution in [1.82, 2.24) is 5.32 Å². The number of nitriles is 1. The number of nitrogens with one attached hydrogen (secondary N) is 1. The summed E-state index contributed by atoms with van der Waals surface area (Å²) >= 11 is 0. The molecule has 0 radical (unpaired) electrons. The molecular formula is C13H16N2O. The number of benzene rings is 1. The number of hydrogen-bond donors (Lipinski definition) is 1. The lowest BCUT2D eigenvalue weighted by molar-refractivity contribution is -0.121. The van der Waals surface area contributed by atoms with E-state index in [4.69, 9.17) is 5.26 Å². The third kappa shape index (κ3) is 4.14. The second-order valence-electron chi connectivity index (χ2n) is 4.00. The molecule has 0 aliphatic carbocycles. The molecule has 0 heterocycles. The largest absolute Gasteiger partial charge is 0.352 e. The lowest BCUT2D eigenvalue weighted by Gasteiger charge is -2.06. The van der Waals surface area contributed by atoms with Gasteiger partial charge in [-0.15, -0.1) is 0 Å². The number of hydrogen-bond acceptors (Lipinski definition) is 2. The fraction of sp³-hybridized carbons (Fsp3) is 0.385. The monoisotopic (exact) mass is 216 g/mol. The topological polar surface area (TPSA) is 52.9 Å². The SMILES string of the molecule is Cc1ccc(CNC(=O)CC(C)C#N)cc1. The van der Waals surface area contributed by atoms with Crippen molar-refractivity contribution in [3.05, 3.63) is 35.4 Å². The van der Waals surface area contributed by atoms with Crippen molar-refractivity contribution < 1.29 is 4.79 Å². The van der Waals surface area contributed by atoms with Crippen molar-refractivity contribution in [3.8, 4) is 6.07 Å². The third-order valence-corrected chi connectivity index (χ3v) is 2.32. The highest BCUT2D eigenvalue weighted by atomic mass is 16.1. The molecule has 0 saturated carbocycles. The maximum atomic E-state index is 11.4. The van der Waals surface area contributed by atoms with Crippen LogP contribution < -0.4 is 5.32 Å². The van der Waals surface area contributed by atoms with Crippen molar-refractivity contribution in [3.63, 3.8) is 0 Å². The molecular weight excluding hydrogens is 200 g/mol. The van der Waals surface area contributed by atoms with E-state index in [1.165, 1.54) is 5.56 Å². The van der Waals surface area contributed by atoms with Gasteiger partial charge in [-0.2, -0.15) is 5.26 Å². The Morgan fingerprint density at radius 3 is 2.62 bits per heavy atom. The van der Waals surface area contributed by atoms with Crippen LogP contribution in [0.1, 0.15) is 24.5 Å². The van der Waals surface area contributed by atoms with E-state index < -0.39 is 0 Å². The van der Waals surface area contributed by atoms with Crippen molar-refractivity contribution >= 4 is 5.91 Å². The van der Waals surface area contributed by atoms with Gasteiger partial charge < -0.3 is 5.32 Å². The minimum atomic E-state index is -0.224. The predicted molar refractivity (Wildman–Crippen MR) is 62.4 cm³/mol. The lowest BCUT2D eigenvalue weighted by Crippen LogP contribution is -2.24. The van der Waals surface area contributed by atoms with Gasteiger partial charge in [-0.25, -0.2) is 0 Å². The van der Waals surface area contributed by atoms with Gasteiger partial charge in [-0.1, -0.05) is 29.8 Å². The number of aryl methyl sites for hydroxylation is 1. The molecule has 84 valence electrons. The fourth-order valence-corrected chi connectivity index (χ4v) is 1.30. The molecule has 1 rings (SSSR count). The van der Waals surface area contributed by atoms with Crippen LogP contribution in [-0.2, 0) is 11.3 Å². The van der Waals surface area contributed by atoms with E-state index in [9.17, 15) is 4.79 Å². The van der Waals surface area contributed by atoms with Gasteiger partial charge in [0.1, 0.15) is 0 Å². The van der Waals surface area contributed by atoms with Gasteiger partial charge in [0.15, 0.2) is 0 Å². The Morgan fingerprint density at radius 1 is 1.44 bits per heavy atom. The number of nitrogens with zero attached hydrogens (tertiary/aromatic N) is 1. The summed E-state index contributed by atoms with van der Waals surface area (Å²) in [5, 5.41) is 11.4. The van der Waals surface area contributed by atoms with Crippen molar-refractivity contribution in [2.24, 2.45) is 5.92 Å². The van der Waals surface area contributed by atoms with Crippen LogP contribution in [0.2, 0.25) is 0 Å². The summed E-state index contributed by atoms with van der Waals surface area (Å²) < 4.78 is 0. The summed E-state index contributed by atoms with van der Waals surface area (Å²) in [6, 6.07) is 10.0. The molecule has 0 saturated heterocycles. The first-order valence-electron chi connectivity index (χ1n) is 5.33. The second-order valence-corrected chi connectivity index (χ2v) is 4.00. The molecule has 16 heavy (non-hydrogen) atoms. The highest BCUT2D eigenvalue weighted by molar-refractivity contribution is 5.76. The number of amides is 1. The number of rotatable bonds is 4. The van der Waals surface area contributed by atoms with E-state index in [0.717, 1.165) is 5.56 Å². The second kappa shape index (κ2) is 5.92. The minimum Gasteiger partial charge on any atom is -0.352 e. The van der Waals surface area contributed by atoms with Crippen LogP contribution in [0.4, 0.5) is 0 Å². The van der Waals surface area contributed by atoms with E-state index in [1.807, 2.05) is 37.3 Å². The Hall–Kier alpha value is -1.82. The molecule has 1 aromatic rings. The highest BCUT2D eigenvalue weighted by Crippen LogP contribution is 2.03. The maximum Gasteiger partial charge on any atom is 0.221 e. The molecule has 0 aliphatic rings. The number of carbonyl (C=O) groups is 1. The first kappa shape index (κ1) is 12.3.